The molecule has 0 aliphatic heterocycles. The third-order valence-corrected chi connectivity index (χ3v) is 6.55. The van der Waals surface area contributed by atoms with E-state index in [9.17, 15) is 19.5 Å². The van der Waals surface area contributed by atoms with Gasteiger partial charge in [0, 0.05) is 45.1 Å². The van der Waals surface area contributed by atoms with Gasteiger partial charge in [0.15, 0.2) is 5.69 Å². The van der Waals surface area contributed by atoms with Crippen molar-refractivity contribution in [2.75, 3.05) is 12.4 Å². The number of carbonyl (C=O) groups excluding carboxylic acids is 3. The number of pyridine rings is 1. The first kappa shape index (κ1) is 31.2. The lowest BCUT2D eigenvalue weighted by Crippen LogP contribution is -2.32. The lowest BCUT2D eigenvalue weighted by Gasteiger charge is -2.19. The number of methoxy groups -OCH3 is 1. The zero-order valence-electron chi connectivity index (χ0n) is 24.2. The fraction of sp³-hybridized carbons (Fsp3) is 0.290. The van der Waals surface area contributed by atoms with Crippen molar-refractivity contribution in [3.05, 3.63) is 82.2 Å². The average molecular weight is 578 g/mol. The van der Waals surface area contributed by atoms with Crippen molar-refractivity contribution >= 4 is 41.2 Å². The highest BCUT2D eigenvalue weighted by Gasteiger charge is 2.24. The number of hydrogen-bond acceptors (Lipinski definition) is 8. The number of rotatable bonds is 7. The number of thiol groups is 1. The van der Waals surface area contributed by atoms with Gasteiger partial charge in [-0.05, 0) is 77.4 Å². The van der Waals surface area contributed by atoms with Crippen LogP contribution in [0.25, 0.3) is 16.0 Å². The minimum atomic E-state index is -0.673. The van der Waals surface area contributed by atoms with Gasteiger partial charge in [-0.3, -0.25) is 4.79 Å². The Morgan fingerprint density at radius 3 is 2.22 bits per heavy atom. The molecule has 0 aliphatic carbocycles. The van der Waals surface area contributed by atoms with Crippen molar-refractivity contribution in [2.24, 2.45) is 0 Å². The van der Waals surface area contributed by atoms with Crippen LogP contribution in [0, 0.1) is 6.92 Å². The standard InChI is InChI=1S/C31H35N3O6S/c1-17(2)27(41)24-14-23(22(15-25(24)35)21-13-8-18(3)33-26(21)29(37)39-7)28(36)34-20-11-9-19(10-12-20)16-32-30(38)40-31(4,5)6/h8-15,35,41H,16H2,1-7H3,(H,32,38)(H,34,36). The van der Waals surface area contributed by atoms with E-state index in [-0.39, 0.29) is 23.6 Å². The molecule has 2 amide bonds. The molecule has 0 unspecified atom stereocenters. The molecule has 0 saturated heterocycles. The number of carbonyl (C=O) groups is 3. The molecule has 1 heterocycles. The number of nitrogens with one attached hydrogen (secondary N) is 2. The Bertz CT molecular complexity index is 1500. The van der Waals surface area contributed by atoms with E-state index in [1.54, 1.807) is 64.1 Å². The summed E-state index contributed by atoms with van der Waals surface area (Å²) in [5, 5.41) is 16.5. The number of esters is 1. The molecular weight excluding hydrogens is 542 g/mol. The third-order valence-electron chi connectivity index (χ3n) is 5.86. The number of phenolic OH excluding ortho intramolecular Hbond substituents is 1. The molecule has 0 fully saturated rings. The van der Waals surface area contributed by atoms with Gasteiger partial charge in [0.2, 0.25) is 0 Å². The van der Waals surface area contributed by atoms with E-state index in [1.165, 1.54) is 19.2 Å². The molecule has 1 aromatic heterocycles. The minimum Gasteiger partial charge on any atom is -0.507 e. The van der Waals surface area contributed by atoms with Crippen LogP contribution < -0.4 is 10.6 Å². The smallest absolute Gasteiger partial charge is 0.407 e. The summed E-state index contributed by atoms with van der Waals surface area (Å²) in [6.07, 6.45) is -0.526. The molecular formula is C31H35N3O6S. The normalized spacial score (nSPS) is 10.9. The number of hydrogen-bond donors (Lipinski definition) is 4. The highest BCUT2D eigenvalue weighted by atomic mass is 32.1. The van der Waals surface area contributed by atoms with Gasteiger partial charge in [0.25, 0.3) is 5.91 Å². The molecule has 0 bridgehead atoms. The van der Waals surface area contributed by atoms with Crippen LogP contribution in [0.2, 0.25) is 0 Å². The number of aryl methyl sites for hydroxylation is 1. The third kappa shape index (κ3) is 8.11. The van der Waals surface area contributed by atoms with E-state index in [4.69, 9.17) is 9.47 Å². The molecule has 3 rings (SSSR count). The predicted molar refractivity (Wildman–Crippen MR) is 162 cm³/mol. The zero-order valence-corrected chi connectivity index (χ0v) is 25.1. The Morgan fingerprint density at radius 2 is 1.63 bits per heavy atom. The van der Waals surface area contributed by atoms with Crippen molar-refractivity contribution < 1.29 is 29.0 Å². The highest BCUT2D eigenvalue weighted by Crippen LogP contribution is 2.38. The van der Waals surface area contributed by atoms with Gasteiger partial charge < -0.3 is 25.2 Å². The number of nitrogens with zero attached hydrogens (tertiary/aromatic N) is 1. The van der Waals surface area contributed by atoms with Crippen molar-refractivity contribution in [2.45, 2.75) is 53.7 Å². The zero-order chi connectivity index (χ0) is 30.5. The maximum atomic E-state index is 13.7. The molecule has 0 spiro atoms. The molecule has 3 aromatic rings. The quantitative estimate of drug-likeness (QED) is 0.186. The SMILES string of the molecule is COC(=O)c1nc(C)ccc1-c1cc(O)c(C(S)=C(C)C)cc1C(=O)Nc1ccc(CNC(=O)OC(C)(C)C)cc1. The van der Waals surface area contributed by atoms with Crippen LogP contribution in [0.1, 0.15) is 72.3 Å². The van der Waals surface area contributed by atoms with Crippen LogP contribution >= 0.6 is 12.6 Å². The minimum absolute atomic E-state index is 0.0175. The fourth-order valence-electron chi connectivity index (χ4n) is 3.88. The molecule has 216 valence electrons. The van der Waals surface area contributed by atoms with Crippen LogP contribution in [0.4, 0.5) is 10.5 Å². The van der Waals surface area contributed by atoms with Gasteiger partial charge in [-0.2, -0.15) is 0 Å². The molecule has 3 N–H and O–H groups in total. The Morgan fingerprint density at radius 1 is 0.976 bits per heavy atom. The second-order valence-electron chi connectivity index (χ2n) is 10.6. The number of aromatic hydroxyl groups is 1. The van der Waals surface area contributed by atoms with Crippen LogP contribution in [-0.2, 0) is 16.0 Å². The molecule has 0 aliphatic rings. The van der Waals surface area contributed by atoms with Crippen molar-refractivity contribution in [3.8, 4) is 16.9 Å². The van der Waals surface area contributed by atoms with Crippen LogP contribution in [0.15, 0.2) is 54.1 Å². The number of alkyl carbamates (subject to hydrolysis) is 1. The molecule has 0 saturated carbocycles. The molecule has 9 nitrogen and oxygen atoms in total. The number of anilines is 1. The van der Waals surface area contributed by atoms with Crippen molar-refractivity contribution in [1.82, 2.24) is 10.3 Å². The Labute approximate surface area is 245 Å². The summed E-state index contributed by atoms with van der Waals surface area (Å²) in [4.78, 5) is 43.0. The van der Waals surface area contributed by atoms with E-state index in [0.717, 1.165) is 11.1 Å². The summed E-state index contributed by atoms with van der Waals surface area (Å²) in [5.74, 6) is -1.26. The molecule has 2 aromatic carbocycles. The summed E-state index contributed by atoms with van der Waals surface area (Å²) < 4.78 is 10.2. The van der Waals surface area contributed by atoms with Crippen molar-refractivity contribution in [3.63, 3.8) is 0 Å². The van der Waals surface area contributed by atoms with E-state index in [2.05, 4.69) is 28.2 Å². The summed E-state index contributed by atoms with van der Waals surface area (Å²) in [6.45, 7) is 11.0. The van der Waals surface area contributed by atoms with E-state index in [0.29, 0.717) is 33.0 Å². The van der Waals surface area contributed by atoms with Gasteiger partial charge in [0.1, 0.15) is 11.4 Å². The monoisotopic (exact) mass is 577 g/mol. The van der Waals surface area contributed by atoms with Gasteiger partial charge in [-0.1, -0.05) is 23.8 Å². The number of allylic oxidation sites excluding steroid dienone is 1. The number of phenols is 1. The lowest BCUT2D eigenvalue weighted by molar-refractivity contribution is 0.0522. The molecule has 0 atom stereocenters. The summed E-state index contributed by atoms with van der Waals surface area (Å²) in [6, 6.07) is 13.3. The van der Waals surface area contributed by atoms with E-state index < -0.39 is 23.6 Å². The summed E-state index contributed by atoms with van der Waals surface area (Å²) in [7, 11) is 1.25. The van der Waals surface area contributed by atoms with Gasteiger partial charge in [-0.15, -0.1) is 12.6 Å². The van der Waals surface area contributed by atoms with Crippen LogP contribution in [0.3, 0.4) is 0 Å². The Hall–Kier alpha value is -4.31. The molecule has 0 radical (unpaired) electrons. The van der Waals surface area contributed by atoms with Gasteiger partial charge in [-0.25, -0.2) is 14.6 Å². The van der Waals surface area contributed by atoms with Gasteiger partial charge >= 0.3 is 12.1 Å². The second-order valence-corrected chi connectivity index (χ2v) is 11.1. The van der Waals surface area contributed by atoms with E-state index in [1.807, 2.05) is 13.8 Å². The topological polar surface area (TPSA) is 127 Å². The largest absolute Gasteiger partial charge is 0.507 e. The maximum absolute atomic E-state index is 13.7. The summed E-state index contributed by atoms with van der Waals surface area (Å²) >= 11 is 4.53. The number of ether oxygens (including phenoxy) is 2. The van der Waals surface area contributed by atoms with Crippen LogP contribution in [0.5, 0.6) is 5.75 Å². The second kappa shape index (κ2) is 12.9. The number of aromatic nitrogens is 1. The summed E-state index contributed by atoms with van der Waals surface area (Å²) in [5.41, 5.74) is 3.33. The number of benzene rings is 2. The first-order valence-corrected chi connectivity index (χ1v) is 13.3. The maximum Gasteiger partial charge on any atom is 0.407 e. The first-order valence-electron chi connectivity index (χ1n) is 12.9. The number of amides is 2. The average Bonchev–Trinajstić information content (AvgIpc) is 2.90. The fourth-order valence-corrected chi connectivity index (χ4v) is 4.06. The van der Waals surface area contributed by atoms with Gasteiger partial charge in [0.05, 0.1) is 7.11 Å². The molecule has 41 heavy (non-hydrogen) atoms. The Balaban J connectivity index is 1.98. The van der Waals surface area contributed by atoms with E-state index >= 15 is 0 Å². The molecule has 10 heteroatoms. The van der Waals surface area contributed by atoms with Crippen molar-refractivity contribution in [1.29, 1.82) is 0 Å². The first-order chi connectivity index (χ1) is 19.2. The lowest BCUT2D eigenvalue weighted by atomic mass is 9.94. The predicted octanol–water partition coefficient (Wildman–Crippen LogP) is 6.51. The Kier molecular flexibility index (Phi) is 9.83. The van der Waals surface area contributed by atoms with Crippen LogP contribution in [-0.4, -0.2) is 40.8 Å². The highest BCUT2D eigenvalue weighted by molar-refractivity contribution is 7.90.